The van der Waals surface area contributed by atoms with Crippen LogP contribution in [0.5, 0.6) is 0 Å². The largest absolute Gasteiger partial charge is 0.366 e. The number of piperazine rings is 1. The summed E-state index contributed by atoms with van der Waals surface area (Å²) >= 11 is 0. The van der Waals surface area contributed by atoms with Gasteiger partial charge in [-0.1, -0.05) is 60.7 Å². The Labute approximate surface area is 171 Å². The minimum atomic E-state index is -0.0328. The molecule has 2 heterocycles. The molecule has 0 radical (unpaired) electrons. The van der Waals surface area contributed by atoms with Crippen LogP contribution in [-0.4, -0.2) is 51.9 Å². The molecular formula is C23H25N5O. The minimum Gasteiger partial charge on any atom is -0.366 e. The predicted molar refractivity (Wildman–Crippen MR) is 113 cm³/mol. The molecule has 0 unspecified atom stereocenters. The van der Waals surface area contributed by atoms with E-state index in [1.54, 1.807) is 6.07 Å². The van der Waals surface area contributed by atoms with Crippen LogP contribution in [0.4, 0.5) is 5.82 Å². The fourth-order valence-electron chi connectivity index (χ4n) is 3.47. The highest BCUT2D eigenvalue weighted by Gasteiger charge is 2.23. The Morgan fingerprint density at radius 1 is 0.862 bits per heavy atom. The molecule has 1 fully saturated rings. The van der Waals surface area contributed by atoms with Crippen molar-refractivity contribution in [2.45, 2.75) is 13.1 Å². The maximum absolute atomic E-state index is 12.9. The molecule has 6 heteroatoms. The van der Waals surface area contributed by atoms with E-state index in [9.17, 15) is 4.79 Å². The second kappa shape index (κ2) is 9.30. The summed E-state index contributed by atoms with van der Waals surface area (Å²) in [6.07, 6.45) is 1.45. The fourth-order valence-corrected chi connectivity index (χ4v) is 3.47. The highest BCUT2D eigenvalue weighted by molar-refractivity contribution is 5.93. The molecule has 6 nitrogen and oxygen atoms in total. The van der Waals surface area contributed by atoms with Gasteiger partial charge in [-0.15, -0.1) is 0 Å². The molecule has 148 valence electrons. The Bertz CT molecular complexity index is 924. The molecule has 1 aliphatic heterocycles. The standard InChI is InChI=1S/C23H25N5O/c29-23(28-13-11-27(12-14-28)17-20-9-5-2-6-10-20)21-15-22(26-18-25-21)24-16-19-7-3-1-4-8-19/h1-10,15,18H,11-14,16-17H2,(H,24,25,26). The second-order valence-corrected chi connectivity index (χ2v) is 7.18. The summed E-state index contributed by atoms with van der Waals surface area (Å²) in [6.45, 7) is 4.73. The molecule has 1 amide bonds. The molecule has 3 aromatic rings. The number of aromatic nitrogens is 2. The molecule has 0 atom stereocenters. The van der Waals surface area contributed by atoms with Crippen LogP contribution in [-0.2, 0) is 13.1 Å². The van der Waals surface area contributed by atoms with E-state index in [1.807, 2.05) is 29.2 Å². The van der Waals surface area contributed by atoms with Crippen LogP contribution in [0.1, 0.15) is 21.6 Å². The number of rotatable bonds is 6. The third-order valence-electron chi connectivity index (χ3n) is 5.11. The number of hydrogen-bond acceptors (Lipinski definition) is 5. The first-order chi connectivity index (χ1) is 14.3. The molecule has 1 aliphatic rings. The maximum atomic E-state index is 12.9. The summed E-state index contributed by atoms with van der Waals surface area (Å²) in [6, 6.07) is 22.3. The van der Waals surface area contributed by atoms with Crippen molar-refractivity contribution in [1.82, 2.24) is 19.8 Å². The molecule has 2 aromatic carbocycles. The highest BCUT2D eigenvalue weighted by Crippen LogP contribution is 2.13. The van der Waals surface area contributed by atoms with Crippen molar-refractivity contribution in [3.63, 3.8) is 0 Å². The molecule has 1 saturated heterocycles. The lowest BCUT2D eigenvalue weighted by Crippen LogP contribution is -2.48. The van der Waals surface area contributed by atoms with Gasteiger partial charge in [-0.25, -0.2) is 9.97 Å². The quantitative estimate of drug-likeness (QED) is 0.704. The number of carbonyl (C=O) groups is 1. The van der Waals surface area contributed by atoms with E-state index in [4.69, 9.17) is 0 Å². The van der Waals surface area contributed by atoms with Crippen molar-refractivity contribution >= 4 is 11.7 Å². The lowest BCUT2D eigenvalue weighted by Gasteiger charge is -2.34. The van der Waals surface area contributed by atoms with E-state index in [1.165, 1.54) is 11.9 Å². The Morgan fingerprint density at radius 2 is 1.52 bits per heavy atom. The van der Waals surface area contributed by atoms with Crippen LogP contribution in [0.25, 0.3) is 0 Å². The van der Waals surface area contributed by atoms with Crippen LogP contribution in [0.3, 0.4) is 0 Å². The molecule has 29 heavy (non-hydrogen) atoms. The topological polar surface area (TPSA) is 61.4 Å². The molecule has 4 rings (SSSR count). The normalized spacial score (nSPS) is 14.6. The van der Waals surface area contributed by atoms with Crippen LogP contribution < -0.4 is 5.32 Å². The molecular weight excluding hydrogens is 362 g/mol. The van der Waals surface area contributed by atoms with Gasteiger partial charge in [0, 0.05) is 45.3 Å². The smallest absolute Gasteiger partial charge is 0.272 e. The Kier molecular flexibility index (Phi) is 6.12. The van der Waals surface area contributed by atoms with Gasteiger partial charge in [0.25, 0.3) is 5.91 Å². The van der Waals surface area contributed by atoms with Gasteiger partial charge >= 0.3 is 0 Å². The van der Waals surface area contributed by atoms with E-state index < -0.39 is 0 Å². The number of amides is 1. The zero-order valence-corrected chi connectivity index (χ0v) is 16.4. The van der Waals surface area contributed by atoms with Gasteiger partial charge in [-0.2, -0.15) is 0 Å². The van der Waals surface area contributed by atoms with Crippen molar-refractivity contribution in [3.05, 3.63) is 89.9 Å². The first-order valence-electron chi connectivity index (χ1n) is 9.93. The van der Waals surface area contributed by atoms with E-state index in [-0.39, 0.29) is 5.91 Å². The number of benzene rings is 2. The van der Waals surface area contributed by atoms with Crippen molar-refractivity contribution in [1.29, 1.82) is 0 Å². The SMILES string of the molecule is O=C(c1cc(NCc2ccccc2)ncn1)N1CCN(Cc2ccccc2)CC1. The van der Waals surface area contributed by atoms with Crippen molar-refractivity contribution in [2.24, 2.45) is 0 Å². The average Bonchev–Trinajstić information content (AvgIpc) is 2.79. The first kappa shape index (κ1) is 19.1. The monoisotopic (exact) mass is 387 g/mol. The zero-order valence-electron chi connectivity index (χ0n) is 16.4. The summed E-state index contributed by atoms with van der Waals surface area (Å²) < 4.78 is 0. The van der Waals surface area contributed by atoms with Crippen molar-refractivity contribution in [2.75, 3.05) is 31.5 Å². The van der Waals surface area contributed by atoms with Gasteiger partial charge in [0.2, 0.25) is 0 Å². The number of nitrogens with one attached hydrogen (secondary N) is 1. The predicted octanol–water partition coefficient (Wildman–Crippen LogP) is 3.05. The number of anilines is 1. The van der Waals surface area contributed by atoms with Gasteiger partial charge in [-0.05, 0) is 11.1 Å². The van der Waals surface area contributed by atoms with E-state index in [0.29, 0.717) is 31.1 Å². The van der Waals surface area contributed by atoms with E-state index in [2.05, 4.69) is 56.6 Å². The Morgan fingerprint density at radius 3 is 2.21 bits per heavy atom. The lowest BCUT2D eigenvalue weighted by atomic mass is 10.2. The summed E-state index contributed by atoms with van der Waals surface area (Å²) in [5.41, 5.74) is 2.90. The van der Waals surface area contributed by atoms with Gasteiger partial charge in [0.1, 0.15) is 17.8 Å². The average molecular weight is 387 g/mol. The third kappa shape index (κ3) is 5.18. The zero-order chi connectivity index (χ0) is 19.9. The fraction of sp³-hybridized carbons (Fsp3) is 0.261. The number of hydrogen-bond donors (Lipinski definition) is 1. The highest BCUT2D eigenvalue weighted by atomic mass is 16.2. The minimum absolute atomic E-state index is 0.0328. The maximum Gasteiger partial charge on any atom is 0.272 e. The second-order valence-electron chi connectivity index (χ2n) is 7.18. The summed E-state index contributed by atoms with van der Waals surface area (Å²) in [7, 11) is 0. The van der Waals surface area contributed by atoms with E-state index >= 15 is 0 Å². The summed E-state index contributed by atoms with van der Waals surface area (Å²) in [5.74, 6) is 0.629. The van der Waals surface area contributed by atoms with Gasteiger partial charge in [0.15, 0.2) is 0 Å². The summed E-state index contributed by atoms with van der Waals surface area (Å²) in [5, 5.41) is 3.26. The van der Waals surface area contributed by atoms with Gasteiger partial charge in [0.05, 0.1) is 0 Å². The lowest BCUT2D eigenvalue weighted by molar-refractivity contribution is 0.0622. The van der Waals surface area contributed by atoms with Crippen molar-refractivity contribution < 1.29 is 4.79 Å². The molecule has 0 bridgehead atoms. The molecule has 0 saturated carbocycles. The van der Waals surface area contributed by atoms with Gasteiger partial charge < -0.3 is 10.2 Å². The van der Waals surface area contributed by atoms with Gasteiger partial charge in [-0.3, -0.25) is 9.69 Å². The van der Waals surface area contributed by atoms with Crippen LogP contribution in [0.15, 0.2) is 73.1 Å². The first-order valence-corrected chi connectivity index (χ1v) is 9.93. The van der Waals surface area contributed by atoms with E-state index in [0.717, 1.165) is 25.2 Å². The third-order valence-corrected chi connectivity index (χ3v) is 5.11. The van der Waals surface area contributed by atoms with Crippen LogP contribution >= 0.6 is 0 Å². The molecule has 1 aromatic heterocycles. The Hall–Kier alpha value is -3.25. The summed E-state index contributed by atoms with van der Waals surface area (Å²) in [4.78, 5) is 25.6. The van der Waals surface area contributed by atoms with Crippen LogP contribution in [0, 0.1) is 0 Å². The molecule has 0 aliphatic carbocycles. The molecule has 0 spiro atoms. The number of nitrogens with zero attached hydrogens (tertiary/aromatic N) is 4. The van der Waals surface area contributed by atoms with Crippen LogP contribution in [0.2, 0.25) is 0 Å². The Balaban J connectivity index is 1.31. The number of carbonyl (C=O) groups excluding carboxylic acids is 1. The molecule has 1 N–H and O–H groups in total. The van der Waals surface area contributed by atoms with Crippen molar-refractivity contribution in [3.8, 4) is 0 Å².